The standard InChI is InChI=1S/C18H20ClNO4/c1-9-15(11(3)21)10(2)20-16(9)18(23)24-12(4)17(22)13-5-7-14(19)8-6-13/h5-8,11-12,20-21H,1-4H3/t11-,12+/m0/s1. The molecule has 0 unspecified atom stereocenters. The van der Waals surface area contributed by atoms with E-state index in [1.807, 2.05) is 0 Å². The van der Waals surface area contributed by atoms with E-state index in [4.69, 9.17) is 16.3 Å². The summed E-state index contributed by atoms with van der Waals surface area (Å²) in [4.78, 5) is 27.6. The van der Waals surface area contributed by atoms with E-state index in [0.717, 1.165) is 0 Å². The number of Topliss-reactive ketones (excluding diaryl/α,β-unsaturated/α-hetero) is 1. The number of nitrogens with one attached hydrogen (secondary N) is 1. The molecule has 0 amide bonds. The number of halogens is 1. The number of aliphatic hydroxyl groups excluding tert-OH is 1. The molecule has 2 aromatic rings. The summed E-state index contributed by atoms with van der Waals surface area (Å²) >= 11 is 5.80. The highest BCUT2D eigenvalue weighted by atomic mass is 35.5. The van der Waals surface area contributed by atoms with Gasteiger partial charge in [-0.25, -0.2) is 4.79 Å². The molecule has 6 heteroatoms. The number of aryl methyl sites for hydroxylation is 1. The molecule has 0 spiro atoms. The van der Waals surface area contributed by atoms with Crippen molar-refractivity contribution < 1.29 is 19.4 Å². The molecule has 0 aliphatic carbocycles. The van der Waals surface area contributed by atoms with Gasteiger partial charge in [0.1, 0.15) is 5.69 Å². The maximum Gasteiger partial charge on any atom is 0.355 e. The third-order valence-electron chi connectivity index (χ3n) is 3.90. The van der Waals surface area contributed by atoms with Gasteiger partial charge in [-0.1, -0.05) is 11.6 Å². The van der Waals surface area contributed by atoms with Crippen LogP contribution >= 0.6 is 11.6 Å². The van der Waals surface area contributed by atoms with Crippen LogP contribution in [0.2, 0.25) is 5.02 Å². The molecule has 0 saturated heterocycles. The third-order valence-corrected chi connectivity index (χ3v) is 4.15. The average molecular weight is 350 g/mol. The van der Waals surface area contributed by atoms with Crippen LogP contribution in [0.25, 0.3) is 0 Å². The van der Waals surface area contributed by atoms with Crippen molar-refractivity contribution in [2.24, 2.45) is 0 Å². The number of carbonyl (C=O) groups excluding carboxylic acids is 2. The molecule has 2 atom stereocenters. The Bertz CT molecular complexity index is 762. The Morgan fingerprint density at radius 2 is 1.75 bits per heavy atom. The Morgan fingerprint density at radius 3 is 2.25 bits per heavy atom. The van der Waals surface area contributed by atoms with Gasteiger partial charge in [0.05, 0.1) is 6.10 Å². The number of hydrogen-bond donors (Lipinski definition) is 2. The highest BCUT2D eigenvalue weighted by Crippen LogP contribution is 2.25. The molecular formula is C18H20ClNO4. The fourth-order valence-electron chi connectivity index (χ4n) is 2.72. The van der Waals surface area contributed by atoms with Crippen molar-refractivity contribution in [2.45, 2.75) is 39.9 Å². The minimum Gasteiger partial charge on any atom is -0.450 e. The van der Waals surface area contributed by atoms with Crippen molar-refractivity contribution in [1.29, 1.82) is 0 Å². The summed E-state index contributed by atoms with van der Waals surface area (Å²) in [5, 5.41) is 10.3. The summed E-state index contributed by atoms with van der Waals surface area (Å²) in [7, 11) is 0. The molecule has 1 heterocycles. The molecule has 0 aliphatic rings. The van der Waals surface area contributed by atoms with Crippen LogP contribution in [-0.2, 0) is 4.74 Å². The highest BCUT2D eigenvalue weighted by molar-refractivity contribution is 6.30. The Balaban J connectivity index is 2.16. The monoisotopic (exact) mass is 349 g/mol. The van der Waals surface area contributed by atoms with Crippen molar-refractivity contribution in [3.63, 3.8) is 0 Å². The summed E-state index contributed by atoms with van der Waals surface area (Å²) in [5.74, 6) is -0.936. The van der Waals surface area contributed by atoms with Crippen molar-refractivity contribution in [2.75, 3.05) is 0 Å². The van der Waals surface area contributed by atoms with Gasteiger partial charge in [-0.3, -0.25) is 4.79 Å². The molecule has 128 valence electrons. The van der Waals surface area contributed by atoms with Crippen molar-refractivity contribution >= 4 is 23.4 Å². The largest absolute Gasteiger partial charge is 0.450 e. The van der Waals surface area contributed by atoms with E-state index in [2.05, 4.69) is 4.98 Å². The van der Waals surface area contributed by atoms with Crippen LogP contribution in [0.4, 0.5) is 0 Å². The second-order valence-electron chi connectivity index (χ2n) is 5.76. The third kappa shape index (κ3) is 3.68. The lowest BCUT2D eigenvalue weighted by Crippen LogP contribution is -2.25. The van der Waals surface area contributed by atoms with Gasteiger partial charge in [-0.05, 0) is 57.5 Å². The number of ketones is 1. The molecule has 1 aromatic carbocycles. The predicted molar refractivity (Wildman–Crippen MR) is 91.6 cm³/mol. The van der Waals surface area contributed by atoms with Crippen molar-refractivity contribution in [1.82, 2.24) is 4.98 Å². The highest BCUT2D eigenvalue weighted by Gasteiger charge is 2.25. The van der Waals surface area contributed by atoms with Crippen LogP contribution in [0.5, 0.6) is 0 Å². The van der Waals surface area contributed by atoms with Crippen LogP contribution < -0.4 is 0 Å². The number of rotatable bonds is 5. The van der Waals surface area contributed by atoms with E-state index < -0.39 is 18.2 Å². The molecule has 0 radical (unpaired) electrons. The number of ether oxygens (including phenoxy) is 1. The summed E-state index contributed by atoms with van der Waals surface area (Å²) in [6.07, 6.45) is -1.63. The summed E-state index contributed by atoms with van der Waals surface area (Å²) in [5.41, 5.74) is 2.66. The number of H-pyrrole nitrogens is 1. The smallest absolute Gasteiger partial charge is 0.355 e. The summed E-state index contributed by atoms with van der Waals surface area (Å²) in [6.45, 7) is 6.66. The number of hydrogen-bond acceptors (Lipinski definition) is 4. The van der Waals surface area contributed by atoms with Gasteiger partial charge in [0.2, 0.25) is 5.78 Å². The van der Waals surface area contributed by atoms with Crippen molar-refractivity contribution in [3.05, 3.63) is 57.4 Å². The lowest BCUT2D eigenvalue weighted by atomic mass is 10.1. The molecule has 1 aromatic heterocycles. The van der Waals surface area contributed by atoms with Gasteiger partial charge < -0.3 is 14.8 Å². The topological polar surface area (TPSA) is 79.4 Å². The van der Waals surface area contributed by atoms with Crippen molar-refractivity contribution in [3.8, 4) is 0 Å². The number of aromatic amines is 1. The zero-order valence-corrected chi connectivity index (χ0v) is 14.8. The van der Waals surface area contributed by atoms with E-state index in [1.165, 1.54) is 6.92 Å². The maximum atomic E-state index is 12.3. The lowest BCUT2D eigenvalue weighted by Gasteiger charge is -2.12. The SMILES string of the molecule is Cc1[nH]c(C(=O)O[C@H](C)C(=O)c2ccc(Cl)cc2)c(C)c1[C@H](C)O. The average Bonchev–Trinajstić information content (AvgIpc) is 2.82. The number of esters is 1. The van der Waals surface area contributed by atoms with Crippen LogP contribution in [0, 0.1) is 13.8 Å². The molecule has 24 heavy (non-hydrogen) atoms. The van der Waals surface area contributed by atoms with E-state index >= 15 is 0 Å². The molecule has 0 fully saturated rings. The van der Waals surface area contributed by atoms with Crippen LogP contribution in [0.3, 0.4) is 0 Å². The quantitative estimate of drug-likeness (QED) is 0.636. The van der Waals surface area contributed by atoms with Gasteiger partial charge in [0.25, 0.3) is 0 Å². The Morgan fingerprint density at radius 1 is 1.17 bits per heavy atom. The Kier molecular flexibility index (Phi) is 5.47. The van der Waals surface area contributed by atoms with Gasteiger partial charge in [0.15, 0.2) is 6.10 Å². The molecular weight excluding hydrogens is 330 g/mol. The van der Waals surface area contributed by atoms with E-state index in [1.54, 1.807) is 45.0 Å². The Hall–Kier alpha value is -2.11. The molecule has 0 bridgehead atoms. The van der Waals surface area contributed by atoms with Gasteiger partial charge in [-0.2, -0.15) is 0 Å². The zero-order valence-electron chi connectivity index (χ0n) is 14.0. The predicted octanol–water partition coefficient (Wildman–Crippen LogP) is 3.77. The first kappa shape index (κ1) is 18.2. The second-order valence-corrected chi connectivity index (χ2v) is 6.19. The normalized spacial score (nSPS) is 13.4. The second kappa shape index (κ2) is 7.20. The first-order valence-corrected chi connectivity index (χ1v) is 7.98. The fourth-order valence-corrected chi connectivity index (χ4v) is 2.84. The van der Waals surface area contributed by atoms with Crippen LogP contribution in [0.15, 0.2) is 24.3 Å². The van der Waals surface area contributed by atoms with Gasteiger partial charge in [0, 0.05) is 21.8 Å². The number of carbonyl (C=O) groups is 2. The minimum absolute atomic E-state index is 0.249. The van der Waals surface area contributed by atoms with E-state index in [9.17, 15) is 14.7 Å². The Labute approximate surface area is 145 Å². The van der Waals surface area contributed by atoms with Crippen LogP contribution in [0.1, 0.15) is 57.6 Å². The fraction of sp³-hybridized carbons (Fsp3) is 0.333. The van der Waals surface area contributed by atoms with Gasteiger partial charge >= 0.3 is 5.97 Å². The molecule has 2 rings (SSSR count). The number of aliphatic hydroxyl groups is 1. The molecule has 5 nitrogen and oxygen atoms in total. The molecule has 0 aliphatic heterocycles. The first-order chi connectivity index (χ1) is 11.2. The van der Waals surface area contributed by atoms with E-state index in [-0.39, 0.29) is 11.5 Å². The molecule has 2 N–H and O–H groups in total. The lowest BCUT2D eigenvalue weighted by molar-refractivity contribution is 0.0313. The molecule has 0 saturated carbocycles. The summed E-state index contributed by atoms with van der Waals surface area (Å²) in [6, 6.07) is 6.39. The van der Waals surface area contributed by atoms with Gasteiger partial charge in [-0.15, -0.1) is 0 Å². The first-order valence-electron chi connectivity index (χ1n) is 7.60. The zero-order chi connectivity index (χ0) is 18.0. The van der Waals surface area contributed by atoms with Crippen LogP contribution in [-0.4, -0.2) is 27.9 Å². The maximum absolute atomic E-state index is 12.3. The number of benzene rings is 1. The number of aromatic nitrogens is 1. The summed E-state index contributed by atoms with van der Waals surface area (Å²) < 4.78 is 5.28. The minimum atomic E-state index is -0.934. The van der Waals surface area contributed by atoms with E-state index in [0.29, 0.717) is 27.4 Å².